The van der Waals surface area contributed by atoms with Gasteiger partial charge in [0.1, 0.15) is 6.29 Å². The molecule has 0 aromatic heterocycles. The van der Waals surface area contributed by atoms with Crippen molar-refractivity contribution in [3.63, 3.8) is 0 Å². The molecule has 3 aliphatic heterocycles. The Morgan fingerprint density at radius 1 is 1.25 bits per heavy atom. The molecule has 0 radical (unpaired) electrons. The fraction of sp³-hybridized carbons (Fsp3) is 0.577. The maximum atomic E-state index is 11.5. The molecule has 3 heterocycles. The number of aliphatic hydroxyl groups is 1. The zero-order valence-electron chi connectivity index (χ0n) is 19.0. The van der Waals surface area contributed by atoms with Gasteiger partial charge in [-0.15, -0.1) is 0 Å². The van der Waals surface area contributed by atoms with E-state index in [0.717, 1.165) is 70.5 Å². The normalized spacial score (nSPS) is 33.9. The van der Waals surface area contributed by atoms with E-state index in [0.29, 0.717) is 6.04 Å². The van der Waals surface area contributed by atoms with Crippen molar-refractivity contribution >= 4 is 6.29 Å². The lowest BCUT2D eigenvalue weighted by Gasteiger charge is -2.53. The van der Waals surface area contributed by atoms with Crippen molar-refractivity contribution in [1.82, 2.24) is 15.1 Å². The van der Waals surface area contributed by atoms with Gasteiger partial charge in [-0.1, -0.05) is 42.5 Å². The molecule has 1 aromatic rings. The van der Waals surface area contributed by atoms with Crippen LogP contribution < -0.4 is 5.32 Å². The number of aliphatic hydroxyl groups excluding tert-OH is 1. The molecule has 0 saturated carbocycles. The van der Waals surface area contributed by atoms with Gasteiger partial charge in [0.05, 0.1) is 30.9 Å². The first-order valence-corrected chi connectivity index (χ1v) is 12.0. The minimum absolute atomic E-state index is 0.0291. The molecule has 0 bridgehead atoms. The van der Waals surface area contributed by atoms with E-state index < -0.39 is 0 Å². The Hall–Kier alpha value is -1.83. The summed E-state index contributed by atoms with van der Waals surface area (Å²) < 4.78 is 5.38. The molecule has 4 atom stereocenters. The van der Waals surface area contributed by atoms with E-state index in [4.69, 9.17) is 4.74 Å². The lowest BCUT2D eigenvalue weighted by Crippen LogP contribution is -2.67. The van der Waals surface area contributed by atoms with Gasteiger partial charge in [-0.25, -0.2) is 0 Å². The molecule has 2 fully saturated rings. The predicted molar refractivity (Wildman–Crippen MR) is 124 cm³/mol. The first-order valence-electron chi connectivity index (χ1n) is 12.0. The van der Waals surface area contributed by atoms with Crippen LogP contribution in [0.3, 0.4) is 0 Å². The Morgan fingerprint density at radius 2 is 2.06 bits per heavy atom. The second-order valence-corrected chi connectivity index (χ2v) is 10.0. The number of fused-ring (bicyclic) bond motifs is 1. The molecule has 4 unspecified atom stereocenters. The van der Waals surface area contributed by atoms with Gasteiger partial charge in [0.15, 0.2) is 0 Å². The maximum Gasteiger partial charge on any atom is 0.149 e. The number of allylic oxidation sites excluding steroid dienone is 2. The van der Waals surface area contributed by atoms with Crippen LogP contribution in [0.2, 0.25) is 0 Å². The molecule has 4 aliphatic rings. The number of hydrogen-bond acceptors (Lipinski definition) is 6. The van der Waals surface area contributed by atoms with E-state index >= 15 is 0 Å². The van der Waals surface area contributed by atoms with Crippen LogP contribution in [-0.2, 0) is 22.5 Å². The van der Waals surface area contributed by atoms with Gasteiger partial charge in [-0.05, 0) is 37.3 Å². The van der Waals surface area contributed by atoms with Crippen molar-refractivity contribution in [1.29, 1.82) is 0 Å². The highest BCUT2D eigenvalue weighted by Crippen LogP contribution is 2.35. The molecule has 1 aromatic carbocycles. The van der Waals surface area contributed by atoms with Crippen molar-refractivity contribution in [2.45, 2.75) is 62.5 Å². The average Bonchev–Trinajstić information content (AvgIpc) is 2.77. The Labute approximate surface area is 190 Å². The summed E-state index contributed by atoms with van der Waals surface area (Å²) in [7, 11) is 0. The van der Waals surface area contributed by atoms with Crippen LogP contribution in [0.5, 0.6) is 0 Å². The molecule has 32 heavy (non-hydrogen) atoms. The Morgan fingerprint density at radius 3 is 2.81 bits per heavy atom. The smallest absolute Gasteiger partial charge is 0.149 e. The van der Waals surface area contributed by atoms with E-state index in [1.807, 2.05) is 6.08 Å². The summed E-state index contributed by atoms with van der Waals surface area (Å²) in [6.07, 6.45) is 9.56. The van der Waals surface area contributed by atoms with E-state index in [1.54, 1.807) is 0 Å². The molecule has 2 N–H and O–H groups in total. The van der Waals surface area contributed by atoms with Crippen LogP contribution in [0.15, 0.2) is 48.1 Å². The number of ether oxygens (including phenoxy) is 1. The summed E-state index contributed by atoms with van der Waals surface area (Å²) in [5, 5.41) is 14.3. The van der Waals surface area contributed by atoms with Gasteiger partial charge in [0.25, 0.3) is 0 Å². The predicted octanol–water partition coefficient (Wildman–Crippen LogP) is 1.68. The highest BCUT2D eigenvalue weighted by Gasteiger charge is 2.45. The van der Waals surface area contributed by atoms with E-state index in [2.05, 4.69) is 58.5 Å². The SMILES string of the molecule is CC1(N2CCC(O)CC2CN2CCc3ccccc3C2)C=CC(C=O)=CC1NC1COC1. The summed E-state index contributed by atoms with van der Waals surface area (Å²) >= 11 is 0. The summed E-state index contributed by atoms with van der Waals surface area (Å²) in [5.74, 6) is 0. The minimum Gasteiger partial charge on any atom is -0.393 e. The van der Waals surface area contributed by atoms with Crippen molar-refractivity contribution in [3.8, 4) is 0 Å². The quantitative estimate of drug-likeness (QED) is 0.661. The molecule has 1 aliphatic carbocycles. The van der Waals surface area contributed by atoms with Crippen molar-refractivity contribution in [2.24, 2.45) is 0 Å². The van der Waals surface area contributed by atoms with Crippen LogP contribution >= 0.6 is 0 Å². The van der Waals surface area contributed by atoms with Crippen LogP contribution in [0, 0.1) is 0 Å². The fourth-order valence-electron chi connectivity index (χ4n) is 5.79. The lowest BCUT2D eigenvalue weighted by molar-refractivity contribution is -0.104. The van der Waals surface area contributed by atoms with Crippen LogP contribution in [0.1, 0.15) is 30.9 Å². The standard InChI is InChI=1S/C26H35N3O3/c1-26(9-6-19(16-30)12-25(26)27-22-17-32-18-22)29-11-8-24(31)13-23(29)15-28-10-7-20-4-2-3-5-21(20)14-28/h2-6,9,12,16,22-25,27,31H,7-8,10-11,13-15,17-18H2,1H3. The number of nitrogens with zero attached hydrogens (tertiary/aromatic N) is 2. The third-order valence-corrected chi connectivity index (χ3v) is 7.78. The molecule has 0 amide bonds. The summed E-state index contributed by atoms with van der Waals surface area (Å²) in [6, 6.07) is 9.35. The number of carbonyl (C=O) groups excluding carboxylic acids is 1. The first kappa shape index (κ1) is 22.0. The zero-order chi connectivity index (χ0) is 22.1. The maximum absolute atomic E-state index is 11.5. The van der Waals surface area contributed by atoms with Gasteiger partial charge in [0, 0.05) is 43.8 Å². The zero-order valence-corrected chi connectivity index (χ0v) is 19.0. The van der Waals surface area contributed by atoms with Gasteiger partial charge < -0.3 is 15.2 Å². The molecule has 5 rings (SSSR count). The van der Waals surface area contributed by atoms with Crippen LogP contribution in [0.25, 0.3) is 0 Å². The second kappa shape index (κ2) is 9.20. The first-order chi connectivity index (χ1) is 15.5. The van der Waals surface area contributed by atoms with E-state index in [-0.39, 0.29) is 23.7 Å². The molecular formula is C26H35N3O3. The number of likely N-dealkylation sites (tertiary alicyclic amines) is 1. The van der Waals surface area contributed by atoms with Gasteiger partial charge in [0.2, 0.25) is 0 Å². The van der Waals surface area contributed by atoms with Crippen molar-refractivity contribution in [2.75, 3.05) is 32.8 Å². The third kappa shape index (κ3) is 4.35. The molecule has 6 nitrogen and oxygen atoms in total. The minimum atomic E-state index is -0.263. The van der Waals surface area contributed by atoms with Crippen molar-refractivity contribution in [3.05, 3.63) is 59.2 Å². The monoisotopic (exact) mass is 437 g/mol. The molecular weight excluding hydrogens is 402 g/mol. The third-order valence-electron chi connectivity index (χ3n) is 7.78. The summed E-state index contributed by atoms with van der Waals surface area (Å²) in [5.41, 5.74) is 3.35. The van der Waals surface area contributed by atoms with Crippen LogP contribution in [-0.4, -0.2) is 83.8 Å². The second-order valence-electron chi connectivity index (χ2n) is 10.0. The Balaban J connectivity index is 1.36. The molecule has 2 saturated heterocycles. The number of carbonyl (C=O) groups is 1. The number of nitrogens with one attached hydrogen (secondary N) is 1. The highest BCUT2D eigenvalue weighted by atomic mass is 16.5. The molecule has 172 valence electrons. The fourth-order valence-corrected chi connectivity index (χ4v) is 5.79. The average molecular weight is 438 g/mol. The Kier molecular flexibility index (Phi) is 6.32. The van der Waals surface area contributed by atoms with Gasteiger partial charge in [-0.2, -0.15) is 0 Å². The van der Waals surface area contributed by atoms with Crippen molar-refractivity contribution < 1.29 is 14.6 Å². The lowest BCUT2D eigenvalue weighted by atomic mass is 9.80. The number of rotatable bonds is 6. The van der Waals surface area contributed by atoms with E-state index in [1.165, 1.54) is 11.1 Å². The molecule has 6 heteroatoms. The molecule has 0 spiro atoms. The Bertz CT molecular complexity index is 896. The number of hydrogen-bond donors (Lipinski definition) is 2. The van der Waals surface area contributed by atoms with Gasteiger partial charge in [-0.3, -0.25) is 14.6 Å². The number of benzene rings is 1. The number of piperidine rings is 1. The largest absolute Gasteiger partial charge is 0.393 e. The van der Waals surface area contributed by atoms with Gasteiger partial charge >= 0.3 is 0 Å². The van der Waals surface area contributed by atoms with E-state index in [9.17, 15) is 9.90 Å². The topological polar surface area (TPSA) is 65.0 Å². The highest BCUT2D eigenvalue weighted by molar-refractivity contribution is 5.78. The van der Waals surface area contributed by atoms with Crippen LogP contribution in [0.4, 0.5) is 0 Å². The summed E-state index contributed by atoms with van der Waals surface area (Å²) in [6.45, 7) is 7.53. The number of aldehydes is 1. The summed E-state index contributed by atoms with van der Waals surface area (Å²) in [4.78, 5) is 16.6.